The molecule has 0 saturated heterocycles. The monoisotopic (exact) mass is 264 g/mol. The van der Waals surface area contributed by atoms with Gasteiger partial charge in [0.25, 0.3) is 0 Å². The molecule has 6 nitrogen and oxygen atoms in total. The third kappa shape index (κ3) is 5.47. The van der Waals surface area contributed by atoms with Gasteiger partial charge in [0.05, 0.1) is 5.75 Å². The van der Waals surface area contributed by atoms with Crippen molar-refractivity contribution in [2.45, 2.75) is 12.8 Å². The van der Waals surface area contributed by atoms with Crippen molar-refractivity contribution in [1.82, 2.24) is 9.21 Å². The first-order valence-corrected chi connectivity index (χ1v) is 7.26. The predicted molar refractivity (Wildman–Crippen MR) is 64.3 cm³/mol. The normalized spacial score (nSPS) is 16.7. The Bertz CT molecular complexity index is 363. The molecule has 0 aliphatic heterocycles. The molecule has 1 aliphatic rings. The van der Waals surface area contributed by atoms with E-state index in [-0.39, 0.29) is 18.2 Å². The highest BCUT2D eigenvalue weighted by Gasteiger charge is 2.32. The van der Waals surface area contributed by atoms with Gasteiger partial charge in [-0.15, -0.1) is 0 Å². The lowest BCUT2D eigenvalue weighted by Crippen LogP contribution is -2.41. The number of carboxylic acids is 1. The molecule has 0 bridgehead atoms. The van der Waals surface area contributed by atoms with Gasteiger partial charge in [0.1, 0.15) is 6.54 Å². The van der Waals surface area contributed by atoms with E-state index in [4.69, 9.17) is 5.11 Å². The van der Waals surface area contributed by atoms with Gasteiger partial charge in [-0.2, -0.15) is 4.31 Å². The predicted octanol–water partition coefficient (Wildman–Crippen LogP) is -0.326. The molecule has 1 fully saturated rings. The molecular formula is C10H20N2O4S. The van der Waals surface area contributed by atoms with Crippen LogP contribution in [0.1, 0.15) is 12.8 Å². The Balaban J connectivity index is 2.62. The van der Waals surface area contributed by atoms with Crippen molar-refractivity contribution in [1.29, 1.82) is 0 Å². The Morgan fingerprint density at radius 2 is 1.88 bits per heavy atom. The SMILES string of the molecule is CN(C)CCN(CC(=O)O)S(=O)(=O)CC1CC1. The molecule has 1 N–H and O–H groups in total. The van der Waals surface area contributed by atoms with Crippen molar-refractivity contribution in [3.05, 3.63) is 0 Å². The number of carboxylic acid groups (broad SMARTS) is 1. The first kappa shape index (κ1) is 14.4. The number of hydrogen-bond acceptors (Lipinski definition) is 4. The molecule has 0 radical (unpaired) electrons. The Kier molecular flexibility index (Phi) is 4.91. The van der Waals surface area contributed by atoms with Crippen molar-refractivity contribution in [2.24, 2.45) is 5.92 Å². The van der Waals surface area contributed by atoms with Crippen molar-refractivity contribution < 1.29 is 18.3 Å². The Morgan fingerprint density at radius 1 is 1.29 bits per heavy atom. The molecule has 1 saturated carbocycles. The average Bonchev–Trinajstić information content (AvgIpc) is 2.94. The zero-order chi connectivity index (χ0) is 13.1. The van der Waals surface area contributed by atoms with E-state index in [1.54, 1.807) is 0 Å². The molecule has 0 unspecified atom stereocenters. The Morgan fingerprint density at radius 3 is 2.29 bits per heavy atom. The van der Waals surface area contributed by atoms with Gasteiger partial charge in [-0.3, -0.25) is 4.79 Å². The smallest absolute Gasteiger partial charge is 0.318 e. The second-order valence-electron chi connectivity index (χ2n) is 4.75. The van der Waals surface area contributed by atoms with Crippen LogP contribution in [0.2, 0.25) is 0 Å². The highest BCUT2D eigenvalue weighted by molar-refractivity contribution is 7.89. The summed E-state index contributed by atoms with van der Waals surface area (Å²) in [5, 5.41) is 8.74. The van der Waals surface area contributed by atoms with Crippen LogP contribution in [0, 0.1) is 5.92 Å². The lowest BCUT2D eigenvalue weighted by Gasteiger charge is -2.22. The van der Waals surface area contributed by atoms with Crippen LogP contribution in [-0.2, 0) is 14.8 Å². The molecule has 0 spiro atoms. The molecule has 0 heterocycles. The van der Waals surface area contributed by atoms with Gasteiger partial charge >= 0.3 is 5.97 Å². The van der Waals surface area contributed by atoms with Crippen molar-refractivity contribution in [2.75, 3.05) is 39.5 Å². The maximum Gasteiger partial charge on any atom is 0.318 e. The fourth-order valence-electron chi connectivity index (χ4n) is 1.47. The lowest BCUT2D eigenvalue weighted by molar-refractivity contribution is -0.137. The summed E-state index contributed by atoms with van der Waals surface area (Å²) >= 11 is 0. The topological polar surface area (TPSA) is 77.9 Å². The van der Waals surface area contributed by atoms with Gasteiger partial charge < -0.3 is 10.0 Å². The molecule has 100 valence electrons. The molecule has 1 aliphatic carbocycles. The fourth-order valence-corrected chi connectivity index (χ4v) is 3.27. The minimum atomic E-state index is -3.42. The Hall–Kier alpha value is -0.660. The molecule has 1 rings (SSSR count). The number of likely N-dealkylation sites (N-methyl/N-ethyl adjacent to an activating group) is 1. The van der Waals surface area contributed by atoms with Crippen LogP contribution in [0.5, 0.6) is 0 Å². The van der Waals surface area contributed by atoms with Gasteiger partial charge in [-0.1, -0.05) is 0 Å². The average molecular weight is 264 g/mol. The summed E-state index contributed by atoms with van der Waals surface area (Å²) in [5.41, 5.74) is 0. The van der Waals surface area contributed by atoms with E-state index < -0.39 is 22.5 Å². The molecule has 0 aromatic carbocycles. The van der Waals surface area contributed by atoms with Crippen LogP contribution in [0.3, 0.4) is 0 Å². The largest absolute Gasteiger partial charge is 0.480 e. The second kappa shape index (κ2) is 5.79. The number of hydrogen-bond donors (Lipinski definition) is 1. The summed E-state index contributed by atoms with van der Waals surface area (Å²) in [6.45, 7) is 0.314. The van der Waals surface area contributed by atoms with E-state index >= 15 is 0 Å². The first-order valence-electron chi connectivity index (χ1n) is 5.65. The third-order valence-electron chi connectivity index (χ3n) is 2.64. The van der Waals surface area contributed by atoms with Crippen LogP contribution in [0.4, 0.5) is 0 Å². The standard InChI is InChI=1S/C10H20N2O4S/c1-11(2)5-6-12(7-10(13)14)17(15,16)8-9-3-4-9/h9H,3-8H2,1-2H3,(H,13,14). The maximum atomic E-state index is 12.0. The number of carbonyl (C=O) groups is 1. The number of aliphatic carboxylic acids is 1. The van der Waals surface area contributed by atoms with Gasteiger partial charge in [0, 0.05) is 13.1 Å². The number of nitrogens with zero attached hydrogens (tertiary/aromatic N) is 2. The summed E-state index contributed by atoms with van der Waals surface area (Å²) in [6.07, 6.45) is 1.88. The second-order valence-corrected chi connectivity index (χ2v) is 6.77. The lowest BCUT2D eigenvalue weighted by atomic mass is 10.5. The van der Waals surface area contributed by atoms with Crippen LogP contribution in [0.25, 0.3) is 0 Å². The van der Waals surface area contributed by atoms with E-state index in [1.165, 1.54) is 0 Å². The van der Waals surface area contributed by atoms with E-state index in [2.05, 4.69) is 0 Å². The van der Waals surface area contributed by atoms with Crippen LogP contribution < -0.4 is 0 Å². The number of rotatable bonds is 8. The zero-order valence-electron chi connectivity index (χ0n) is 10.3. The molecule has 0 aromatic rings. The van der Waals surface area contributed by atoms with E-state index in [0.29, 0.717) is 6.54 Å². The maximum absolute atomic E-state index is 12.0. The van der Waals surface area contributed by atoms with Crippen LogP contribution >= 0.6 is 0 Å². The highest BCUT2D eigenvalue weighted by Crippen LogP contribution is 2.31. The summed E-state index contributed by atoms with van der Waals surface area (Å²) in [5.74, 6) is -0.785. The van der Waals surface area contributed by atoms with E-state index in [1.807, 2.05) is 19.0 Å². The van der Waals surface area contributed by atoms with Crippen LogP contribution in [0.15, 0.2) is 0 Å². The molecule has 17 heavy (non-hydrogen) atoms. The molecule has 0 atom stereocenters. The molecular weight excluding hydrogens is 244 g/mol. The minimum Gasteiger partial charge on any atom is -0.480 e. The van der Waals surface area contributed by atoms with Gasteiger partial charge in [0.15, 0.2) is 0 Å². The summed E-state index contributed by atoms with van der Waals surface area (Å²) < 4.78 is 25.0. The van der Waals surface area contributed by atoms with Crippen LogP contribution in [-0.4, -0.2) is 68.2 Å². The summed E-state index contributed by atoms with van der Waals surface area (Å²) in [7, 11) is 0.228. The van der Waals surface area contributed by atoms with E-state index in [0.717, 1.165) is 17.1 Å². The summed E-state index contributed by atoms with van der Waals surface area (Å²) in [4.78, 5) is 12.5. The molecule has 0 amide bonds. The van der Waals surface area contributed by atoms with Gasteiger partial charge in [-0.05, 0) is 32.9 Å². The molecule has 7 heteroatoms. The zero-order valence-corrected chi connectivity index (χ0v) is 11.1. The van der Waals surface area contributed by atoms with E-state index in [9.17, 15) is 13.2 Å². The number of sulfonamides is 1. The third-order valence-corrected chi connectivity index (χ3v) is 4.64. The van der Waals surface area contributed by atoms with Crippen molar-refractivity contribution in [3.8, 4) is 0 Å². The van der Waals surface area contributed by atoms with Crippen molar-refractivity contribution in [3.63, 3.8) is 0 Å². The minimum absolute atomic E-state index is 0.0910. The van der Waals surface area contributed by atoms with Crippen molar-refractivity contribution >= 4 is 16.0 Å². The summed E-state index contributed by atoms with van der Waals surface area (Å²) in [6, 6.07) is 0. The first-order chi connectivity index (χ1) is 7.81. The molecule has 0 aromatic heterocycles. The quantitative estimate of drug-likeness (QED) is 0.650. The Labute approximate surface area is 102 Å². The fraction of sp³-hybridized carbons (Fsp3) is 0.900. The van der Waals surface area contributed by atoms with Gasteiger partial charge in [0.2, 0.25) is 10.0 Å². The highest BCUT2D eigenvalue weighted by atomic mass is 32.2. The van der Waals surface area contributed by atoms with Gasteiger partial charge in [-0.25, -0.2) is 8.42 Å².